The highest BCUT2D eigenvalue weighted by molar-refractivity contribution is 5.95. The average molecular weight is 242 g/mol. The Labute approximate surface area is 105 Å². The maximum atomic E-state index is 11.8. The highest BCUT2D eigenvalue weighted by Crippen LogP contribution is 2.33. The fourth-order valence-electron chi connectivity index (χ4n) is 1.92. The number of hydrogen-bond acceptors (Lipinski definition) is 4. The molecule has 0 unspecified atom stereocenters. The molecular formula is C14H14N2O2. The number of carbonyl (C=O) groups excluding carboxylic acids is 1. The lowest BCUT2D eigenvalue weighted by atomic mass is 10.1. The summed E-state index contributed by atoms with van der Waals surface area (Å²) < 4.78 is 5.50. The summed E-state index contributed by atoms with van der Waals surface area (Å²) in [7, 11) is 0. The van der Waals surface area contributed by atoms with Crippen molar-refractivity contribution in [3.05, 3.63) is 35.2 Å². The van der Waals surface area contributed by atoms with Gasteiger partial charge in [0.1, 0.15) is 0 Å². The van der Waals surface area contributed by atoms with Gasteiger partial charge in [-0.1, -0.05) is 17.7 Å². The van der Waals surface area contributed by atoms with E-state index in [0.29, 0.717) is 5.89 Å². The molecule has 0 radical (unpaired) electrons. The lowest BCUT2D eigenvalue weighted by Gasteiger charge is -2.01. The summed E-state index contributed by atoms with van der Waals surface area (Å²) in [6, 6.07) is 6.04. The molecule has 1 saturated carbocycles. The minimum absolute atomic E-state index is 0.0148. The first kappa shape index (κ1) is 11.1. The zero-order valence-corrected chi connectivity index (χ0v) is 10.4. The molecule has 4 heteroatoms. The molecule has 3 rings (SSSR count). The van der Waals surface area contributed by atoms with E-state index in [9.17, 15) is 4.79 Å². The molecule has 1 aromatic carbocycles. The lowest BCUT2D eigenvalue weighted by Crippen LogP contribution is -2.01. The summed E-state index contributed by atoms with van der Waals surface area (Å²) >= 11 is 0. The Morgan fingerprint density at radius 3 is 2.78 bits per heavy atom. The van der Waals surface area contributed by atoms with E-state index in [1.54, 1.807) is 0 Å². The topological polar surface area (TPSA) is 56.0 Å². The normalized spacial score (nSPS) is 14.8. The van der Waals surface area contributed by atoms with Gasteiger partial charge in [0.2, 0.25) is 11.7 Å². The maximum absolute atomic E-state index is 11.8. The molecule has 0 amide bonds. The minimum atomic E-state index is -0.0148. The molecule has 0 bridgehead atoms. The van der Waals surface area contributed by atoms with Gasteiger partial charge in [0.15, 0.2) is 0 Å². The number of ketones is 1. The van der Waals surface area contributed by atoms with Gasteiger partial charge in [-0.2, -0.15) is 0 Å². The largest absolute Gasteiger partial charge is 0.414 e. The van der Waals surface area contributed by atoms with E-state index >= 15 is 0 Å². The number of hydrogen-bond donors (Lipinski definition) is 0. The van der Waals surface area contributed by atoms with Crippen LogP contribution in [0.15, 0.2) is 22.6 Å². The summed E-state index contributed by atoms with van der Waals surface area (Å²) in [6.07, 6.45) is 1.89. The first-order valence-corrected chi connectivity index (χ1v) is 6.10. The molecule has 0 aliphatic heterocycles. The summed E-state index contributed by atoms with van der Waals surface area (Å²) in [5, 5.41) is 7.84. The van der Waals surface area contributed by atoms with E-state index in [-0.39, 0.29) is 17.6 Å². The molecule has 92 valence electrons. The highest BCUT2D eigenvalue weighted by Gasteiger charge is 2.34. The van der Waals surface area contributed by atoms with Crippen LogP contribution in [0.2, 0.25) is 0 Å². The molecule has 0 N–H and O–H groups in total. The zero-order valence-electron chi connectivity index (χ0n) is 10.4. The van der Waals surface area contributed by atoms with Crippen LogP contribution in [0.25, 0.3) is 11.5 Å². The van der Waals surface area contributed by atoms with Crippen molar-refractivity contribution in [3.63, 3.8) is 0 Å². The molecule has 1 aliphatic rings. The van der Waals surface area contributed by atoms with Crippen LogP contribution in [0.1, 0.15) is 34.7 Å². The number of rotatable bonds is 3. The third-order valence-electron chi connectivity index (χ3n) is 3.21. The molecule has 4 nitrogen and oxygen atoms in total. The molecule has 18 heavy (non-hydrogen) atoms. The van der Waals surface area contributed by atoms with E-state index in [2.05, 4.69) is 10.2 Å². The van der Waals surface area contributed by atoms with Crippen molar-refractivity contribution in [2.24, 2.45) is 5.92 Å². The Kier molecular flexibility index (Phi) is 2.51. The van der Waals surface area contributed by atoms with Crippen LogP contribution in [0.5, 0.6) is 0 Å². The smallest absolute Gasteiger partial charge is 0.284 e. The number of benzene rings is 1. The number of carbonyl (C=O) groups is 1. The van der Waals surface area contributed by atoms with Crippen LogP contribution in [0, 0.1) is 19.8 Å². The Hall–Kier alpha value is -1.97. The van der Waals surface area contributed by atoms with E-state index in [4.69, 9.17) is 4.42 Å². The monoisotopic (exact) mass is 242 g/mol. The van der Waals surface area contributed by atoms with Crippen molar-refractivity contribution >= 4 is 5.78 Å². The van der Waals surface area contributed by atoms with Gasteiger partial charge in [0, 0.05) is 11.5 Å². The third-order valence-corrected chi connectivity index (χ3v) is 3.21. The SMILES string of the molecule is Cc1ccc(C)c(-c2nnc(C(=O)C3CC3)o2)c1. The molecule has 0 atom stereocenters. The third kappa shape index (κ3) is 1.94. The summed E-state index contributed by atoms with van der Waals surface area (Å²) in [6.45, 7) is 4.00. The fourth-order valence-corrected chi connectivity index (χ4v) is 1.92. The Bertz CT molecular complexity index is 612. The Morgan fingerprint density at radius 2 is 2.06 bits per heavy atom. The van der Waals surface area contributed by atoms with Crippen LogP contribution in [-0.2, 0) is 0 Å². The van der Waals surface area contributed by atoms with Gasteiger partial charge in [0.25, 0.3) is 5.89 Å². The van der Waals surface area contributed by atoms with Crippen molar-refractivity contribution in [3.8, 4) is 11.5 Å². The van der Waals surface area contributed by atoms with Crippen molar-refractivity contribution in [2.45, 2.75) is 26.7 Å². The van der Waals surface area contributed by atoms with Gasteiger partial charge in [-0.3, -0.25) is 4.79 Å². The van der Waals surface area contributed by atoms with Crippen molar-refractivity contribution in [2.75, 3.05) is 0 Å². The van der Waals surface area contributed by atoms with Crippen molar-refractivity contribution < 1.29 is 9.21 Å². The van der Waals surface area contributed by atoms with Crippen LogP contribution < -0.4 is 0 Å². The first-order chi connectivity index (χ1) is 8.65. The number of aryl methyl sites for hydroxylation is 2. The standard InChI is InChI=1S/C14H14N2O2/c1-8-3-4-9(2)11(7-8)13-15-16-14(18-13)12(17)10-5-6-10/h3-4,7,10H,5-6H2,1-2H3. The van der Waals surface area contributed by atoms with Gasteiger partial charge in [0.05, 0.1) is 0 Å². The van der Waals surface area contributed by atoms with Crippen LogP contribution in [-0.4, -0.2) is 16.0 Å². The number of nitrogens with zero attached hydrogens (tertiary/aromatic N) is 2. The van der Waals surface area contributed by atoms with Gasteiger partial charge >= 0.3 is 0 Å². The lowest BCUT2D eigenvalue weighted by molar-refractivity contribution is 0.0934. The second-order valence-corrected chi connectivity index (χ2v) is 4.87. The Morgan fingerprint density at radius 1 is 1.28 bits per heavy atom. The quantitative estimate of drug-likeness (QED) is 0.776. The summed E-state index contributed by atoms with van der Waals surface area (Å²) in [5.41, 5.74) is 3.09. The van der Waals surface area contributed by atoms with E-state index < -0.39 is 0 Å². The van der Waals surface area contributed by atoms with E-state index in [1.807, 2.05) is 32.0 Å². The molecule has 0 saturated heterocycles. The maximum Gasteiger partial charge on any atom is 0.284 e. The van der Waals surface area contributed by atoms with Gasteiger partial charge in [-0.05, 0) is 38.3 Å². The predicted molar refractivity (Wildman–Crippen MR) is 66.3 cm³/mol. The molecule has 1 heterocycles. The molecule has 1 aromatic heterocycles. The highest BCUT2D eigenvalue weighted by atomic mass is 16.4. The fraction of sp³-hybridized carbons (Fsp3) is 0.357. The van der Waals surface area contributed by atoms with Crippen LogP contribution in [0.4, 0.5) is 0 Å². The first-order valence-electron chi connectivity index (χ1n) is 6.10. The molecule has 0 spiro atoms. The van der Waals surface area contributed by atoms with Crippen molar-refractivity contribution in [1.29, 1.82) is 0 Å². The second kappa shape index (κ2) is 4.05. The second-order valence-electron chi connectivity index (χ2n) is 4.87. The van der Waals surface area contributed by atoms with Crippen molar-refractivity contribution in [1.82, 2.24) is 10.2 Å². The van der Waals surface area contributed by atoms with Gasteiger partial charge in [-0.15, -0.1) is 10.2 Å². The van der Waals surface area contributed by atoms with Gasteiger partial charge < -0.3 is 4.42 Å². The van der Waals surface area contributed by atoms with Crippen LogP contribution >= 0.6 is 0 Å². The average Bonchev–Trinajstić information content (AvgIpc) is 3.09. The summed E-state index contributed by atoms with van der Waals surface area (Å²) in [4.78, 5) is 11.8. The minimum Gasteiger partial charge on any atom is -0.414 e. The van der Waals surface area contributed by atoms with E-state index in [1.165, 1.54) is 0 Å². The molecule has 1 fully saturated rings. The molecule has 1 aliphatic carbocycles. The van der Waals surface area contributed by atoms with E-state index in [0.717, 1.165) is 29.5 Å². The van der Waals surface area contributed by atoms with Crippen LogP contribution in [0.3, 0.4) is 0 Å². The number of Topliss-reactive ketones (excluding diaryl/α,β-unsaturated/α-hetero) is 1. The van der Waals surface area contributed by atoms with Gasteiger partial charge in [-0.25, -0.2) is 0 Å². The number of aromatic nitrogens is 2. The Balaban J connectivity index is 1.97. The molecular weight excluding hydrogens is 228 g/mol. The zero-order chi connectivity index (χ0) is 12.7. The predicted octanol–water partition coefficient (Wildman–Crippen LogP) is 2.95. The summed E-state index contributed by atoms with van der Waals surface area (Å²) in [5.74, 6) is 0.671. The molecule has 2 aromatic rings.